The summed E-state index contributed by atoms with van der Waals surface area (Å²) in [7, 11) is 0. The number of carbonyl (C=O) groups excluding carboxylic acids is 2. The highest BCUT2D eigenvalue weighted by molar-refractivity contribution is 7.13. The van der Waals surface area contributed by atoms with Crippen LogP contribution in [0.3, 0.4) is 0 Å². The number of hydrogen-bond acceptors (Lipinski definition) is 7. The molecule has 1 aliphatic rings. The van der Waals surface area contributed by atoms with Crippen LogP contribution in [0.2, 0.25) is 0 Å². The van der Waals surface area contributed by atoms with E-state index in [2.05, 4.69) is 46.4 Å². The monoisotopic (exact) mass is 464 g/mol. The molecule has 1 saturated heterocycles. The normalized spacial score (nSPS) is 14.2. The summed E-state index contributed by atoms with van der Waals surface area (Å²) < 4.78 is 5.23. The predicted molar refractivity (Wildman–Crippen MR) is 129 cm³/mol. The molecular weight excluding hydrogens is 436 g/mol. The van der Waals surface area contributed by atoms with Crippen molar-refractivity contribution in [2.24, 2.45) is 0 Å². The van der Waals surface area contributed by atoms with E-state index in [1.807, 2.05) is 30.3 Å². The van der Waals surface area contributed by atoms with Crippen LogP contribution in [0.25, 0.3) is 0 Å². The smallest absolute Gasteiger partial charge is 0.358 e. The molecule has 2 heterocycles. The first kappa shape index (κ1) is 22.9. The molecule has 33 heavy (non-hydrogen) atoms. The number of ether oxygens (including phenoxy) is 1. The zero-order chi connectivity index (χ0) is 23.0. The number of hydrogen-bond donors (Lipinski definition) is 1. The number of carbonyl (C=O) groups is 2. The number of nitrogens with one attached hydrogen (secondary N) is 1. The van der Waals surface area contributed by atoms with E-state index in [1.165, 1.54) is 22.5 Å². The van der Waals surface area contributed by atoms with Crippen molar-refractivity contribution in [2.75, 3.05) is 38.1 Å². The van der Waals surface area contributed by atoms with Gasteiger partial charge >= 0.3 is 5.97 Å². The molecule has 1 aromatic heterocycles. The summed E-state index contributed by atoms with van der Waals surface area (Å²) >= 11 is 1.34. The minimum atomic E-state index is -0.578. The van der Waals surface area contributed by atoms with Gasteiger partial charge in [0.05, 0.1) is 0 Å². The maximum Gasteiger partial charge on any atom is 0.358 e. The number of benzene rings is 2. The minimum absolute atomic E-state index is 0.170. The third-order valence-corrected chi connectivity index (χ3v) is 6.34. The van der Waals surface area contributed by atoms with Crippen molar-refractivity contribution in [3.05, 3.63) is 82.4 Å². The Balaban J connectivity index is 1.18. The molecule has 0 bridgehead atoms. The molecule has 4 rings (SSSR count). The summed E-state index contributed by atoms with van der Waals surface area (Å²) in [5, 5.41) is 5.48. The fourth-order valence-electron chi connectivity index (χ4n) is 3.74. The fraction of sp³-hybridized carbons (Fsp3) is 0.320. The summed E-state index contributed by atoms with van der Waals surface area (Å²) in [6, 6.07) is 18.4. The third-order valence-electron chi connectivity index (χ3n) is 5.54. The Morgan fingerprint density at radius 3 is 2.55 bits per heavy atom. The van der Waals surface area contributed by atoms with E-state index in [4.69, 9.17) is 4.74 Å². The number of esters is 1. The summed E-state index contributed by atoms with van der Waals surface area (Å²) in [5.41, 5.74) is 3.87. The molecule has 0 spiro atoms. The topological polar surface area (TPSA) is 74.8 Å². The van der Waals surface area contributed by atoms with Crippen molar-refractivity contribution in [2.45, 2.75) is 20.0 Å². The number of thiazole rings is 1. The number of nitrogens with zero attached hydrogens (tertiary/aromatic N) is 3. The van der Waals surface area contributed by atoms with E-state index >= 15 is 0 Å². The summed E-state index contributed by atoms with van der Waals surface area (Å²) in [5.74, 6) is -0.748. The molecule has 1 aliphatic heterocycles. The predicted octanol–water partition coefficient (Wildman–Crippen LogP) is 3.56. The fourth-order valence-corrected chi connectivity index (χ4v) is 4.42. The average molecular weight is 465 g/mol. The number of aryl methyl sites for hydroxylation is 1. The lowest BCUT2D eigenvalue weighted by atomic mass is 10.1. The Kier molecular flexibility index (Phi) is 7.70. The molecule has 0 saturated carbocycles. The Morgan fingerprint density at radius 1 is 1.03 bits per heavy atom. The maximum absolute atomic E-state index is 12.5. The molecule has 172 valence electrons. The van der Waals surface area contributed by atoms with E-state index in [0.29, 0.717) is 24.8 Å². The second-order valence-corrected chi connectivity index (χ2v) is 8.96. The van der Waals surface area contributed by atoms with Gasteiger partial charge in [-0.05, 0) is 18.1 Å². The van der Waals surface area contributed by atoms with Crippen LogP contribution in [0.15, 0.2) is 60.0 Å². The number of anilines is 1. The van der Waals surface area contributed by atoms with E-state index in [0.717, 1.165) is 25.2 Å². The van der Waals surface area contributed by atoms with Gasteiger partial charge in [-0.3, -0.25) is 9.69 Å². The highest BCUT2D eigenvalue weighted by Gasteiger charge is 2.23. The zero-order valence-corrected chi connectivity index (χ0v) is 19.5. The average Bonchev–Trinajstić information content (AvgIpc) is 3.31. The summed E-state index contributed by atoms with van der Waals surface area (Å²) in [6.45, 7) is 6.20. The first-order valence-corrected chi connectivity index (χ1v) is 11.9. The molecule has 1 N–H and O–H groups in total. The van der Waals surface area contributed by atoms with Crippen molar-refractivity contribution in [3.8, 4) is 0 Å². The number of piperazine rings is 1. The van der Waals surface area contributed by atoms with E-state index in [9.17, 15) is 9.59 Å². The van der Waals surface area contributed by atoms with Gasteiger partial charge in [0, 0.05) is 44.6 Å². The molecule has 0 unspecified atom stereocenters. The van der Waals surface area contributed by atoms with Crippen LogP contribution in [0.1, 0.15) is 27.2 Å². The van der Waals surface area contributed by atoms with Crippen molar-refractivity contribution in [1.82, 2.24) is 14.8 Å². The van der Waals surface area contributed by atoms with Crippen LogP contribution < -0.4 is 5.32 Å². The van der Waals surface area contributed by atoms with Gasteiger partial charge in [-0.2, -0.15) is 0 Å². The Labute approximate surface area is 198 Å². The van der Waals surface area contributed by atoms with Crippen molar-refractivity contribution in [3.63, 3.8) is 0 Å². The second kappa shape index (κ2) is 11.1. The van der Waals surface area contributed by atoms with Crippen molar-refractivity contribution >= 4 is 28.3 Å². The zero-order valence-electron chi connectivity index (χ0n) is 18.7. The molecular formula is C25H28N4O3S. The highest BCUT2D eigenvalue weighted by atomic mass is 32.1. The van der Waals surface area contributed by atoms with Crippen LogP contribution in [0.5, 0.6) is 0 Å². The van der Waals surface area contributed by atoms with Gasteiger partial charge in [-0.25, -0.2) is 9.78 Å². The van der Waals surface area contributed by atoms with Gasteiger partial charge in [-0.15, -0.1) is 11.3 Å². The minimum Gasteiger partial charge on any atom is -0.451 e. The van der Waals surface area contributed by atoms with Gasteiger partial charge in [0.2, 0.25) is 0 Å². The molecule has 1 fully saturated rings. The van der Waals surface area contributed by atoms with Gasteiger partial charge in [-0.1, -0.05) is 60.2 Å². The molecule has 0 aliphatic carbocycles. The number of amides is 1. The molecule has 8 heteroatoms. The van der Waals surface area contributed by atoms with Crippen LogP contribution in [-0.2, 0) is 22.6 Å². The first-order valence-electron chi connectivity index (χ1n) is 11.0. The number of aromatic nitrogens is 1. The van der Waals surface area contributed by atoms with Crippen LogP contribution >= 0.6 is 11.3 Å². The van der Waals surface area contributed by atoms with E-state index in [-0.39, 0.29) is 18.2 Å². The summed E-state index contributed by atoms with van der Waals surface area (Å²) in [4.78, 5) is 33.2. The quantitative estimate of drug-likeness (QED) is 0.514. The number of rotatable bonds is 8. The van der Waals surface area contributed by atoms with Crippen LogP contribution in [0, 0.1) is 6.92 Å². The lowest BCUT2D eigenvalue weighted by Gasteiger charge is -2.34. The largest absolute Gasteiger partial charge is 0.451 e. The van der Waals surface area contributed by atoms with Crippen LogP contribution in [-0.4, -0.2) is 59.4 Å². The SMILES string of the molecule is Cc1cccc(CN2CCN(C(=O)COC(=O)c3csc(NCc4ccccc4)n3)CC2)c1. The molecule has 7 nitrogen and oxygen atoms in total. The Hall–Kier alpha value is -3.23. The van der Waals surface area contributed by atoms with Gasteiger partial charge in [0.15, 0.2) is 17.4 Å². The van der Waals surface area contributed by atoms with Crippen molar-refractivity contribution in [1.29, 1.82) is 0 Å². The summed E-state index contributed by atoms with van der Waals surface area (Å²) in [6.07, 6.45) is 0. The molecule has 0 atom stereocenters. The second-order valence-electron chi connectivity index (χ2n) is 8.10. The molecule has 1 amide bonds. The van der Waals surface area contributed by atoms with Gasteiger partial charge < -0.3 is 15.0 Å². The standard InChI is InChI=1S/C25H28N4O3S/c1-19-6-5-9-21(14-19)16-28-10-12-29(13-11-28)23(30)17-32-24(31)22-18-33-25(27-22)26-15-20-7-3-2-4-8-20/h2-9,14,18H,10-13,15-17H2,1H3,(H,26,27). The molecule has 3 aromatic rings. The van der Waals surface area contributed by atoms with Crippen molar-refractivity contribution < 1.29 is 14.3 Å². The van der Waals surface area contributed by atoms with Crippen LogP contribution in [0.4, 0.5) is 5.13 Å². The lowest BCUT2D eigenvalue weighted by Crippen LogP contribution is -2.49. The highest BCUT2D eigenvalue weighted by Crippen LogP contribution is 2.17. The molecule has 2 aromatic carbocycles. The molecule has 0 radical (unpaired) electrons. The Bertz CT molecular complexity index is 1080. The Morgan fingerprint density at radius 2 is 1.79 bits per heavy atom. The van der Waals surface area contributed by atoms with E-state index in [1.54, 1.807) is 10.3 Å². The van der Waals surface area contributed by atoms with Gasteiger partial charge in [0.1, 0.15) is 0 Å². The van der Waals surface area contributed by atoms with Gasteiger partial charge in [0.25, 0.3) is 5.91 Å². The first-order chi connectivity index (χ1) is 16.1. The third kappa shape index (κ3) is 6.63. The maximum atomic E-state index is 12.5. The van der Waals surface area contributed by atoms with E-state index < -0.39 is 5.97 Å². The lowest BCUT2D eigenvalue weighted by molar-refractivity contribution is -0.136.